The molecule has 1 heterocycles. The van der Waals surface area contributed by atoms with E-state index in [-0.39, 0.29) is 23.0 Å². The normalized spacial score (nSPS) is 18.6. The van der Waals surface area contributed by atoms with Gasteiger partial charge in [0.05, 0.1) is 16.6 Å². The summed E-state index contributed by atoms with van der Waals surface area (Å²) in [6.45, 7) is 1.37. The first kappa shape index (κ1) is 13.3. The van der Waals surface area contributed by atoms with Gasteiger partial charge in [-0.05, 0) is 31.5 Å². The standard InChI is InChI=1S/C13H15N3O3/c14-8-10-4-5-13(12(7-10)16(17)18)19-9-11-3-1-2-6-15-11/h4-5,7,11,15H,1-3,6,9H2. The van der Waals surface area contributed by atoms with Crippen LogP contribution in [0.15, 0.2) is 18.2 Å². The number of nitrogens with zero attached hydrogens (tertiary/aromatic N) is 2. The van der Waals surface area contributed by atoms with E-state index < -0.39 is 4.92 Å². The van der Waals surface area contributed by atoms with E-state index in [1.807, 2.05) is 6.07 Å². The molecule has 0 amide bonds. The van der Waals surface area contributed by atoms with Crippen LogP contribution in [0, 0.1) is 21.4 Å². The average Bonchev–Trinajstić information content (AvgIpc) is 2.46. The van der Waals surface area contributed by atoms with Gasteiger partial charge in [0.1, 0.15) is 6.61 Å². The first-order chi connectivity index (χ1) is 9.20. The number of hydrogen-bond donors (Lipinski definition) is 1. The molecule has 6 heteroatoms. The zero-order valence-electron chi connectivity index (χ0n) is 10.5. The van der Waals surface area contributed by atoms with E-state index in [4.69, 9.17) is 10.00 Å². The smallest absolute Gasteiger partial charge is 0.312 e. The third-order valence-electron chi connectivity index (χ3n) is 3.14. The van der Waals surface area contributed by atoms with Crippen LogP contribution in [-0.4, -0.2) is 24.1 Å². The van der Waals surface area contributed by atoms with Gasteiger partial charge in [-0.25, -0.2) is 0 Å². The van der Waals surface area contributed by atoms with E-state index in [0.717, 1.165) is 25.8 Å². The van der Waals surface area contributed by atoms with Crippen molar-refractivity contribution in [1.82, 2.24) is 5.32 Å². The van der Waals surface area contributed by atoms with Crippen molar-refractivity contribution >= 4 is 5.69 Å². The van der Waals surface area contributed by atoms with E-state index >= 15 is 0 Å². The Balaban J connectivity index is 2.06. The Morgan fingerprint density at radius 3 is 3.00 bits per heavy atom. The maximum atomic E-state index is 10.9. The summed E-state index contributed by atoms with van der Waals surface area (Å²) in [4.78, 5) is 10.4. The number of hydrogen-bond acceptors (Lipinski definition) is 5. The number of benzene rings is 1. The zero-order valence-corrected chi connectivity index (χ0v) is 10.5. The maximum absolute atomic E-state index is 10.9. The topological polar surface area (TPSA) is 88.2 Å². The molecule has 100 valence electrons. The molecule has 6 nitrogen and oxygen atoms in total. The molecule has 1 aliphatic heterocycles. The van der Waals surface area contributed by atoms with E-state index in [1.54, 1.807) is 0 Å². The molecule has 2 rings (SSSR count). The Morgan fingerprint density at radius 1 is 1.53 bits per heavy atom. The number of rotatable bonds is 4. The van der Waals surface area contributed by atoms with Crippen molar-refractivity contribution < 1.29 is 9.66 Å². The summed E-state index contributed by atoms with van der Waals surface area (Å²) in [6, 6.07) is 6.37. The Hall–Kier alpha value is -2.13. The van der Waals surface area contributed by atoms with Gasteiger partial charge in [0.25, 0.3) is 0 Å². The lowest BCUT2D eigenvalue weighted by Gasteiger charge is -2.23. The molecule has 1 fully saturated rings. The number of piperidine rings is 1. The van der Waals surface area contributed by atoms with Gasteiger partial charge in [0, 0.05) is 12.1 Å². The van der Waals surface area contributed by atoms with Crippen LogP contribution in [0.3, 0.4) is 0 Å². The van der Waals surface area contributed by atoms with Gasteiger partial charge in [-0.2, -0.15) is 5.26 Å². The SMILES string of the molecule is N#Cc1ccc(OCC2CCCCN2)c([N+](=O)[O-])c1. The summed E-state index contributed by atoms with van der Waals surface area (Å²) in [5, 5.41) is 23.0. The van der Waals surface area contributed by atoms with E-state index in [1.165, 1.54) is 18.2 Å². The second-order valence-electron chi connectivity index (χ2n) is 4.51. The Kier molecular flexibility index (Phi) is 4.31. The maximum Gasteiger partial charge on any atom is 0.312 e. The van der Waals surface area contributed by atoms with Gasteiger partial charge in [-0.3, -0.25) is 10.1 Å². The summed E-state index contributed by atoms with van der Waals surface area (Å²) in [5.74, 6) is 0.219. The molecule has 0 saturated carbocycles. The quantitative estimate of drug-likeness (QED) is 0.661. The van der Waals surface area contributed by atoms with Crippen LogP contribution in [0.5, 0.6) is 5.75 Å². The van der Waals surface area contributed by atoms with Crippen LogP contribution in [0.1, 0.15) is 24.8 Å². The molecule has 1 saturated heterocycles. The fraction of sp³-hybridized carbons (Fsp3) is 0.462. The number of nitriles is 1. The molecule has 1 aromatic carbocycles. The zero-order chi connectivity index (χ0) is 13.7. The molecule has 0 aliphatic carbocycles. The van der Waals surface area contributed by atoms with Gasteiger partial charge in [0.2, 0.25) is 0 Å². The first-order valence-corrected chi connectivity index (χ1v) is 6.25. The molecule has 0 radical (unpaired) electrons. The third kappa shape index (κ3) is 3.42. The summed E-state index contributed by atoms with van der Waals surface area (Å²) < 4.78 is 5.52. The summed E-state index contributed by atoms with van der Waals surface area (Å²) in [5.41, 5.74) is 0.102. The third-order valence-corrected chi connectivity index (χ3v) is 3.14. The predicted molar refractivity (Wildman–Crippen MR) is 68.9 cm³/mol. The van der Waals surface area contributed by atoms with E-state index in [0.29, 0.717) is 6.61 Å². The molecule has 0 spiro atoms. The van der Waals surface area contributed by atoms with Gasteiger partial charge in [0.15, 0.2) is 5.75 Å². The molecule has 1 unspecified atom stereocenters. The van der Waals surface area contributed by atoms with Crippen LogP contribution in [-0.2, 0) is 0 Å². The number of nitro groups is 1. The van der Waals surface area contributed by atoms with Gasteiger partial charge >= 0.3 is 5.69 Å². The van der Waals surface area contributed by atoms with E-state index in [2.05, 4.69) is 5.32 Å². The summed E-state index contributed by atoms with van der Waals surface area (Å²) in [6.07, 6.45) is 3.33. The summed E-state index contributed by atoms with van der Waals surface area (Å²) in [7, 11) is 0. The largest absolute Gasteiger partial charge is 0.485 e. The van der Waals surface area contributed by atoms with Gasteiger partial charge < -0.3 is 10.1 Å². The fourth-order valence-corrected chi connectivity index (χ4v) is 2.11. The Morgan fingerprint density at radius 2 is 2.37 bits per heavy atom. The minimum absolute atomic E-state index is 0.158. The van der Waals surface area contributed by atoms with Crippen LogP contribution in [0.4, 0.5) is 5.69 Å². The lowest BCUT2D eigenvalue weighted by molar-refractivity contribution is -0.385. The molecule has 0 aromatic heterocycles. The average molecular weight is 261 g/mol. The van der Waals surface area contributed by atoms with Crippen molar-refractivity contribution in [2.24, 2.45) is 0 Å². The van der Waals surface area contributed by atoms with Crippen LogP contribution < -0.4 is 10.1 Å². The van der Waals surface area contributed by atoms with Crippen LogP contribution in [0.25, 0.3) is 0 Å². The van der Waals surface area contributed by atoms with Crippen molar-refractivity contribution in [3.63, 3.8) is 0 Å². The fourth-order valence-electron chi connectivity index (χ4n) is 2.11. The molecule has 1 atom stereocenters. The molecule has 1 aromatic rings. The highest BCUT2D eigenvalue weighted by Crippen LogP contribution is 2.28. The van der Waals surface area contributed by atoms with Gasteiger partial charge in [-0.1, -0.05) is 6.42 Å². The number of ether oxygens (including phenoxy) is 1. The van der Waals surface area contributed by atoms with Crippen LogP contribution in [0.2, 0.25) is 0 Å². The second kappa shape index (κ2) is 6.16. The van der Waals surface area contributed by atoms with Crippen molar-refractivity contribution in [3.05, 3.63) is 33.9 Å². The van der Waals surface area contributed by atoms with Crippen LogP contribution >= 0.6 is 0 Å². The summed E-state index contributed by atoms with van der Waals surface area (Å²) >= 11 is 0. The minimum atomic E-state index is -0.523. The molecule has 0 bridgehead atoms. The molecular formula is C13H15N3O3. The van der Waals surface area contributed by atoms with Crippen molar-refractivity contribution in [2.75, 3.05) is 13.2 Å². The van der Waals surface area contributed by atoms with Crippen molar-refractivity contribution in [3.8, 4) is 11.8 Å². The monoisotopic (exact) mass is 261 g/mol. The first-order valence-electron chi connectivity index (χ1n) is 6.25. The number of nitrogens with one attached hydrogen (secondary N) is 1. The molecule has 1 N–H and O–H groups in total. The Labute approximate surface area is 111 Å². The number of nitro benzene ring substituents is 1. The minimum Gasteiger partial charge on any atom is -0.485 e. The van der Waals surface area contributed by atoms with Crippen molar-refractivity contribution in [2.45, 2.75) is 25.3 Å². The van der Waals surface area contributed by atoms with Gasteiger partial charge in [-0.15, -0.1) is 0 Å². The lowest BCUT2D eigenvalue weighted by atomic mass is 10.1. The highest BCUT2D eigenvalue weighted by molar-refractivity contribution is 5.51. The second-order valence-corrected chi connectivity index (χ2v) is 4.51. The molecular weight excluding hydrogens is 246 g/mol. The lowest BCUT2D eigenvalue weighted by Crippen LogP contribution is -2.38. The highest BCUT2D eigenvalue weighted by Gasteiger charge is 2.19. The predicted octanol–water partition coefficient (Wildman–Crippen LogP) is 1.99. The molecule has 19 heavy (non-hydrogen) atoms. The Bertz CT molecular complexity index is 504. The highest BCUT2D eigenvalue weighted by atomic mass is 16.6. The van der Waals surface area contributed by atoms with Crippen molar-refractivity contribution in [1.29, 1.82) is 5.26 Å². The molecule has 1 aliphatic rings. The van der Waals surface area contributed by atoms with E-state index in [9.17, 15) is 10.1 Å².